The number of hydrogen-bond donors (Lipinski definition) is 3. The largest absolute Gasteiger partial charge is 0.493 e. The fourth-order valence-corrected chi connectivity index (χ4v) is 4.86. The zero-order valence-electron chi connectivity index (χ0n) is 18.6. The lowest BCUT2D eigenvalue weighted by Gasteiger charge is -2.39. The third kappa shape index (κ3) is 5.17. The molecule has 33 heavy (non-hydrogen) atoms. The van der Waals surface area contributed by atoms with Crippen LogP contribution in [0.5, 0.6) is 5.75 Å². The molecule has 1 amide bonds. The topological polar surface area (TPSA) is 96.9 Å². The Balaban J connectivity index is 1.56. The van der Waals surface area contributed by atoms with Crippen LogP contribution in [0.2, 0.25) is 0 Å². The Morgan fingerprint density at radius 3 is 2.82 bits per heavy atom. The first-order valence-corrected chi connectivity index (χ1v) is 11.2. The van der Waals surface area contributed by atoms with Crippen molar-refractivity contribution in [2.75, 3.05) is 19.8 Å². The zero-order valence-corrected chi connectivity index (χ0v) is 18.6. The normalized spacial score (nSPS) is 24.6. The molecule has 2 aromatic rings. The smallest absolute Gasteiger partial charge is 0.303 e. The predicted molar refractivity (Wildman–Crippen MR) is 121 cm³/mol. The number of carboxylic acid groups (broad SMARTS) is 1. The number of rotatable bonds is 8. The zero-order chi connectivity index (χ0) is 23.4. The van der Waals surface area contributed by atoms with Gasteiger partial charge in [-0.25, -0.2) is 4.39 Å². The molecule has 2 fully saturated rings. The van der Waals surface area contributed by atoms with Gasteiger partial charge in [0.25, 0.3) is 0 Å². The van der Waals surface area contributed by atoms with E-state index in [9.17, 15) is 9.59 Å². The first-order valence-electron chi connectivity index (χ1n) is 11.2. The summed E-state index contributed by atoms with van der Waals surface area (Å²) in [5, 5.41) is 15.4. The van der Waals surface area contributed by atoms with E-state index >= 15 is 4.39 Å². The Labute approximate surface area is 192 Å². The van der Waals surface area contributed by atoms with Gasteiger partial charge in [0.1, 0.15) is 18.2 Å². The van der Waals surface area contributed by atoms with Gasteiger partial charge in [-0.2, -0.15) is 0 Å². The van der Waals surface area contributed by atoms with Crippen LogP contribution in [0.1, 0.15) is 31.7 Å². The van der Waals surface area contributed by atoms with Crippen LogP contribution in [-0.4, -0.2) is 54.4 Å². The van der Waals surface area contributed by atoms with E-state index in [2.05, 4.69) is 10.6 Å². The minimum atomic E-state index is -0.877. The summed E-state index contributed by atoms with van der Waals surface area (Å²) in [5.41, 5.74) is 1.02. The Bertz CT molecular complexity index is 1030. The van der Waals surface area contributed by atoms with E-state index < -0.39 is 11.5 Å². The summed E-state index contributed by atoms with van der Waals surface area (Å²) < 4.78 is 27.1. The summed E-state index contributed by atoms with van der Waals surface area (Å²) in [6.07, 6.45) is 1.50. The minimum Gasteiger partial charge on any atom is -0.493 e. The molecule has 1 spiro atoms. The number of ether oxygens (including phenoxy) is 2. The molecule has 2 aliphatic heterocycles. The lowest BCUT2D eigenvalue weighted by molar-refractivity contribution is -0.137. The highest BCUT2D eigenvalue weighted by molar-refractivity contribution is 5.79. The van der Waals surface area contributed by atoms with Crippen molar-refractivity contribution in [3.63, 3.8) is 0 Å². The molecule has 2 heterocycles. The van der Waals surface area contributed by atoms with Gasteiger partial charge >= 0.3 is 5.97 Å². The molecule has 7 nitrogen and oxygen atoms in total. The van der Waals surface area contributed by atoms with Gasteiger partial charge < -0.3 is 25.2 Å². The summed E-state index contributed by atoms with van der Waals surface area (Å²) in [5.74, 6) is -0.849. The third-order valence-electron chi connectivity index (χ3n) is 6.28. The number of para-hydroxylation sites is 1. The maximum absolute atomic E-state index is 15.7. The predicted octanol–water partition coefficient (Wildman–Crippen LogP) is 2.91. The summed E-state index contributed by atoms with van der Waals surface area (Å²) in [6, 6.07) is 12.5. The molecule has 2 saturated heterocycles. The highest BCUT2D eigenvalue weighted by atomic mass is 19.1. The van der Waals surface area contributed by atoms with Crippen LogP contribution in [0.15, 0.2) is 42.5 Å². The first kappa shape index (κ1) is 23.2. The molecule has 0 radical (unpaired) electrons. The lowest BCUT2D eigenvalue weighted by atomic mass is 9.85. The molecule has 0 aromatic heterocycles. The second-order valence-electron chi connectivity index (χ2n) is 8.85. The van der Waals surface area contributed by atoms with Gasteiger partial charge in [-0.15, -0.1) is 0 Å². The fourth-order valence-electron chi connectivity index (χ4n) is 4.86. The van der Waals surface area contributed by atoms with Crippen molar-refractivity contribution >= 4 is 11.9 Å². The number of hydrogen-bond acceptors (Lipinski definition) is 5. The van der Waals surface area contributed by atoms with E-state index in [0.29, 0.717) is 41.9 Å². The SMILES string of the molecule is CC1CC2(COCC(=O)N2)C(Cc2cccc(-c3ccccc3OCCCC(=O)O)c2F)N1. The Morgan fingerprint density at radius 2 is 2.03 bits per heavy atom. The molecule has 8 heteroatoms. The quantitative estimate of drug-likeness (QED) is 0.529. The van der Waals surface area contributed by atoms with Crippen LogP contribution in [0, 0.1) is 5.82 Å². The van der Waals surface area contributed by atoms with Crippen LogP contribution in [0.4, 0.5) is 4.39 Å². The van der Waals surface area contributed by atoms with E-state index in [0.717, 1.165) is 6.42 Å². The number of morpholine rings is 1. The molecule has 0 aliphatic carbocycles. The number of amides is 1. The number of aliphatic carboxylic acids is 1. The highest BCUT2D eigenvalue weighted by Gasteiger charge is 2.49. The number of carboxylic acids is 1. The van der Waals surface area contributed by atoms with Crippen LogP contribution in [0.3, 0.4) is 0 Å². The molecule has 3 N–H and O–H groups in total. The average molecular weight is 457 g/mol. The molecular weight excluding hydrogens is 427 g/mol. The third-order valence-corrected chi connectivity index (χ3v) is 6.28. The lowest BCUT2D eigenvalue weighted by Crippen LogP contribution is -2.63. The van der Waals surface area contributed by atoms with Gasteiger partial charge in [0.2, 0.25) is 5.91 Å². The van der Waals surface area contributed by atoms with Crippen LogP contribution in [-0.2, 0) is 20.7 Å². The molecule has 0 saturated carbocycles. The molecule has 3 atom stereocenters. The molecule has 3 unspecified atom stereocenters. The highest BCUT2D eigenvalue weighted by Crippen LogP contribution is 2.35. The second-order valence-corrected chi connectivity index (χ2v) is 8.85. The van der Waals surface area contributed by atoms with E-state index in [1.54, 1.807) is 30.3 Å². The van der Waals surface area contributed by atoms with Gasteiger partial charge in [0.15, 0.2) is 0 Å². The van der Waals surface area contributed by atoms with E-state index in [-0.39, 0.29) is 43.4 Å². The van der Waals surface area contributed by atoms with Gasteiger partial charge in [-0.1, -0.05) is 36.4 Å². The average Bonchev–Trinajstić information content (AvgIpc) is 3.06. The Kier molecular flexibility index (Phi) is 6.95. The molecule has 4 rings (SSSR count). The molecule has 2 aromatic carbocycles. The van der Waals surface area contributed by atoms with Crippen molar-refractivity contribution in [2.45, 2.75) is 50.2 Å². The van der Waals surface area contributed by atoms with Crippen molar-refractivity contribution < 1.29 is 28.6 Å². The Hall–Kier alpha value is -2.97. The number of nitrogens with one attached hydrogen (secondary N) is 2. The summed E-state index contributed by atoms with van der Waals surface area (Å²) in [4.78, 5) is 22.8. The second kappa shape index (κ2) is 9.89. The molecule has 2 aliphatic rings. The van der Waals surface area contributed by atoms with Crippen molar-refractivity contribution in [3.05, 3.63) is 53.8 Å². The van der Waals surface area contributed by atoms with Crippen molar-refractivity contribution in [3.8, 4) is 16.9 Å². The Morgan fingerprint density at radius 1 is 1.24 bits per heavy atom. The standard InChI is InChI=1S/C25H29FN2O5/c1-16-13-25(15-32-14-22(29)28-25)21(27-16)12-17-6-4-8-19(24(17)26)18-7-2-3-9-20(18)33-11-5-10-23(30)31/h2-4,6-9,16,21,27H,5,10-15H2,1H3,(H,28,29)(H,30,31). The fraction of sp³-hybridized carbons (Fsp3) is 0.440. The van der Waals surface area contributed by atoms with Crippen molar-refractivity contribution in [1.29, 1.82) is 0 Å². The molecule has 0 bridgehead atoms. The number of benzene rings is 2. The number of carbonyl (C=O) groups excluding carboxylic acids is 1. The van der Waals surface area contributed by atoms with Crippen molar-refractivity contribution in [1.82, 2.24) is 10.6 Å². The van der Waals surface area contributed by atoms with E-state index in [4.69, 9.17) is 14.6 Å². The van der Waals surface area contributed by atoms with Crippen LogP contribution < -0.4 is 15.4 Å². The monoisotopic (exact) mass is 456 g/mol. The maximum atomic E-state index is 15.7. The summed E-state index contributed by atoms with van der Waals surface area (Å²) in [6.45, 7) is 2.73. The number of carbonyl (C=O) groups is 2. The van der Waals surface area contributed by atoms with Gasteiger partial charge in [-0.05, 0) is 37.8 Å². The minimum absolute atomic E-state index is 0.0147. The van der Waals surface area contributed by atoms with Gasteiger partial charge in [0, 0.05) is 29.6 Å². The van der Waals surface area contributed by atoms with Crippen LogP contribution >= 0.6 is 0 Å². The summed E-state index contributed by atoms with van der Waals surface area (Å²) in [7, 11) is 0. The van der Waals surface area contributed by atoms with Crippen LogP contribution in [0.25, 0.3) is 11.1 Å². The van der Waals surface area contributed by atoms with Gasteiger partial charge in [-0.3, -0.25) is 9.59 Å². The molecule has 176 valence electrons. The first-order chi connectivity index (χ1) is 15.9. The number of halogens is 1. The summed E-state index contributed by atoms with van der Waals surface area (Å²) >= 11 is 0. The van der Waals surface area contributed by atoms with E-state index in [1.165, 1.54) is 0 Å². The van der Waals surface area contributed by atoms with Crippen molar-refractivity contribution in [2.24, 2.45) is 0 Å². The molecular formula is C25H29FN2O5. The maximum Gasteiger partial charge on any atom is 0.303 e. The van der Waals surface area contributed by atoms with Gasteiger partial charge in [0.05, 0.1) is 18.8 Å². The van der Waals surface area contributed by atoms with E-state index in [1.807, 2.05) is 19.1 Å².